The average molecular weight is 507 g/mol. The van der Waals surface area contributed by atoms with E-state index in [1.54, 1.807) is 31.2 Å². The third kappa shape index (κ3) is 5.04. The number of amides is 2. The number of hydrogen-bond acceptors (Lipinski definition) is 6. The first-order valence-corrected chi connectivity index (χ1v) is 11.5. The summed E-state index contributed by atoms with van der Waals surface area (Å²) in [6, 6.07) is 12.3. The number of carbonyl (C=O) groups excluding carboxylic acids is 1. The van der Waals surface area contributed by atoms with Crippen molar-refractivity contribution >= 4 is 22.6 Å². The molecule has 1 aliphatic heterocycles. The second-order valence-electron chi connectivity index (χ2n) is 8.26. The molecule has 0 fully saturated rings. The van der Waals surface area contributed by atoms with Gasteiger partial charge in [-0.3, -0.25) is 4.98 Å². The summed E-state index contributed by atoms with van der Waals surface area (Å²) in [5.74, 6) is 0.529. The molecule has 0 saturated heterocycles. The van der Waals surface area contributed by atoms with Crippen LogP contribution in [0.25, 0.3) is 10.9 Å². The Hall–Kier alpha value is -4.60. The lowest BCUT2D eigenvalue weighted by molar-refractivity contribution is 0.167. The molecule has 4 aromatic rings. The van der Waals surface area contributed by atoms with Crippen LogP contribution in [-0.2, 0) is 0 Å². The quantitative estimate of drug-likeness (QED) is 0.334. The summed E-state index contributed by atoms with van der Waals surface area (Å²) in [7, 11) is 1.52. The zero-order valence-electron chi connectivity index (χ0n) is 20.0. The normalized spacial score (nSPS) is 13.1. The van der Waals surface area contributed by atoms with Gasteiger partial charge in [-0.2, -0.15) is 0 Å². The molecule has 0 saturated carbocycles. The first-order chi connectivity index (χ1) is 17.9. The summed E-state index contributed by atoms with van der Waals surface area (Å²) in [5.41, 5.74) is 1.49. The smallest absolute Gasteiger partial charge is 0.319 e. The molecular formula is C27H23F2N3O5. The first-order valence-electron chi connectivity index (χ1n) is 11.5. The summed E-state index contributed by atoms with van der Waals surface area (Å²) < 4.78 is 51.0. The number of methoxy groups -OCH3 is 1. The van der Waals surface area contributed by atoms with Crippen LogP contribution in [-0.4, -0.2) is 31.3 Å². The highest BCUT2D eigenvalue weighted by molar-refractivity contribution is 5.95. The lowest BCUT2D eigenvalue weighted by Gasteiger charge is -2.23. The third-order valence-corrected chi connectivity index (χ3v) is 5.79. The SMILES string of the molecule is COc1cc2nccc(Oc3ccc(NC(=O)N[C@H](C)c4ccc(F)cc4)cc3F)c2c2c1OCCO2. The molecule has 2 heterocycles. The third-order valence-electron chi connectivity index (χ3n) is 5.79. The van der Waals surface area contributed by atoms with E-state index in [0.29, 0.717) is 47.1 Å². The van der Waals surface area contributed by atoms with E-state index in [4.69, 9.17) is 18.9 Å². The average Bonchev–Trinajstić information content (AvgIpc) is 2.90. The number of halogens is 2. The Morgan fingerprint density at radius 2 is 1.73 bits per heavy atom. The van der Waals surface area contributed by atoms with Crippen molar-refractivity contribution < 1.29 is 32.5 Å². The van der Waals surface area contributed by atoms with Crippen molar-refractivity contribution in [1.29, 1.82) is 0 Å². The molecule has 1 aliphatic rings. The molecule has 8 nitrogen and oxygen atoms in total. The largest absolute Gasteiger partial charge is 0.493 e. The van der Waals surface area contributed by atoms with Crippen molar-refractivity contribution in [2.45, 2.75) is 13.0 Å². The number of carbonyl (C=O) groups is 1. The molecule has 190 valence electrons. The zero-order valence-corrected chi connectivity index (χ0v) is 20.0. The number of urea groups is 1. The number of nitrogens with one attached hydrogen (secondary N) is 2. The topological polar surface area (TPSA) is 90.9 Å². The van der Waals surface area contributed by atoms with Gasteiger partial charge in [-0.1, -0.05) is 12.1 Å². The van der Waals surface area contributed by atoms with Gasteiger partial charge >= 0.3 is 6.03 Å². The molecule has 0 bridgehead atoms. The molecule has 0 unspecified atom stereocenters. The van der Waals surface area contributed by atoms with Crippen LogP contribution >= 0.6 is 0 Å². The predicted octanol–water partition coefficient (Wildman–Crippen LogP) is 5.97. The summed E-state index contributed by atoms with van der Waals surface area (Å²) in [6.45, 7) is 2.46. The summed E-state index contributed by atoms with van der Waals surface area (Å²) in [4.78, 5) is 16.7. The number of fused-ring (bicyclic) bond motifs is 3. The minimum absolute atomic E-state index is 0.0561. The Labute approximate surface area is 211 Å². The van der Waals surface area contributed by atoms with Gasteiger partial charge in [-0.25, -0.2) is 13.6 Å². The maximum absolute atomic E-state index is 15.0. The van der Waals surface area contributed by atoms with E-state index in [-0.39, 0.29) is 23.3 Å². The van der Waals surface area contributed by atoms with Gasteiger partial charge in [0.15, 0.2) is 23.1 Å². The number of rotatable bonds is 6. The van der Waals surface area contributed by atoms with E-state index < -0.39 is 11.8 Å². The van der Waals surface area contributed by atoms with Crippen LogP contribution in [0.1, 0.15) is 18.5 Å². The minimum atomic E-state index is -0.686. The molecule has 37 heavy (non-hydrogen) atoms. The molecule has 2 N–H and O–H groups in total. The number of benzene rings is 3. The second-order valence-corrected chi connectivity index (χ2v) is 8.26. The van der Waals surface area contributed by atoms with Gasteiger partial charge < -0.3 is 29.6 Å². The van der Waals surface area contributed by atoms with Crippen LogP contribution in [0.3, 0.4) is 0 Å². The number of anilines is 1. The van der Waals surface area contributed by atoms with E-state index in [1.807, 2.05) is 0 Å². The monoisotopic (exact) mass is 507 g/mol. The molecule has 10 heteroatoms. The van der Waals surface area contributed by atoms with Crippen LogP contribution in [0.15, 0.2) is 60.8 Å². The number of hydrogen-bond donors (Lipinski definition) is 2. The Morgan fingerprint density at radius 1 is 0.973 bits per heavy atom. The van der Waals surface area contributed by atoms with Gasteiger partial charge in [0.1, 0.15) is 24.8 Å². The standard InChI is InChI=1S/C27H23F2N3O5/c1-15(16-3-5-17(28)6-4-16)31-27(33)32-18-7-8-21(19(29)13-18)37-22-9-10-30-20-14-23(34-2)25-26(24(20)22)36-12-11-35-25/h3-10,13-15H,11-12H2,1-2H3,(H2,31,32,33)/t15-/m1/s1. The van der Waals surface area contributed by atoms with Crippen LogP contribution in [0.5, 0.6) is 28.7 Å². The molecule has 0 spiro atoms. The van der Waals surface area contributed by atoms with Gasteiger partial charge in [-0.05, 0) is 42.8 Å². The predicted molar refractivity (Wildman–Crippen MR) is 133 cm³/mol. The Bertz CT molecular complexity index is 1460. The van der Waals surface area contributed by atoms with Crippen LogP contribution in [0.2, 0.25) is 0 Å². The van der Waals surface area contributed by atoms with Gasteiger partial charge in [0.2, 0.25) is 5.75 Å². The van der Waals surface area contributed by atoms with Crippen molar-refractivity contribution in [2.24, 2.45) is 0 Å². The van der Waals surface area contributed by atoms with E-state index in [0.717, 1.165) is 11.6 Å². The molecule has 3 aromatic carbocycles. The van der Waals surface area contributed by atoms with Crippen molar-refractivity contribution in [2.75, 3.05) is 25.6 Å². The highest BCUT2D eigenvalue weighted by Gasteiger charge is 2.24. The fraction of sp³-hybridized carbons (Fsp3) is 0.185. The maximum Gasteiger partial charge on any atom is 0.319 e. The molecule has 2 amide bonds. The highest BCUT2D eigenvalue weighted by atomic mass is 19.1. The van der Waals surface area contributed by atoms with Crippen LogP contribution in [0, 0.1) is 11.6 Å². The highest BCUT2D eigenvalue weighted by Crippen LogP contribution is 2.48. The van der Waals surface area contributed by atoms with E-state index in [2.05, 4.69) is 15.6 Å². The van der Waals surface area contributed by atoms with Crippen LogP contribution < -0.4 is 29.6 Å². The van der Waals surface area contributed by atoms with Crippen molar-refractivity contribution in [3.8, 4) is 28.7 Å². The number of aromatic nitrogens is 1. The Kier molecular flexibility index (Phi) is 6.63. The van der Waals surface area contributed by atoms with Gasteiger partial charge in [0.25, 0.3) is 0 Å². The Balaban J connectivity index is 1.34. The number of ether oxygens (including phenoxy) is 4. The van der Waals surface area contributed by atoms with E-state index in [1.165, 1.54) is 37.6 Å². The van der Waals surface area contributed by atoms with Gasteiger partial charge in [0, 0.05) is 24.0 Å². The van der Waals surface area contributed by atoms with E-state index >= 15 is 0 Å². The summed E-state index contributed by atoms with van der Waals surface area (Å²) in [6.07, 6.45) is 1.54. The number of nitrogens with zero attached hydrogens (tertiary/aromatic N) is 1. The van der Waals surface area contributed by atoms with Crippen LogP contribution in [0.4, 0.5) is 19.3 Å². The first kappa shape index (κ1) is 24.1. The molecule has 0 radical (unpaired) electrons. The van der Waals surface area contributed by atoms with Crippen molar-refractivity contribution in [1.82, 2.24) is 10.3 Å². The minimum Gasteiger partial charge on any atom is -0.493 e. The second kappa shape index (κ2) is 10.2. The zero-order chi connectivity index (χ0) is 25.9. The molecule has 1 atom stereocenters. The molecule has 5 rings (SSSR count). The van der Waals surface area contributed by atoms with Crippen molar-refractivity contribution in [3.05, 3.63) is 78.0 Å². The number of pyridine rings is 1. The molecular weight excluding hydrogens is 484 g/mol. The fourth-order valence-electron chi connectivity index (χ4n) is 3.99. The van der Waals surface area contributed by atoms with Gasteiger partial charge in [-0.15, -0.1) is 0 Å². The molecule has 0 aliphatic carbocycles. The molecule has 1 aromatic heterocycles. The van der Waals surface area contributed by atoms with E-state index in [9.17, 15) is 13.6 Å². The van der Waals surface area contributed by atoms with Gasteiger partial charge in [0.05, 0.1) is 24.1 Å². The van der Waals surface area contributed by atoms with Crippen molar-refractivity contribution in [3.63, 3.8) is 0 Å². The maximum atomic E-state index is 15.0. The lowest BCUT2D eigenvalue weighted by Crippen LogP contribution is -2.31. The fourth-order valence-corrected chi connectivity index (χ4v) is 3.99. The lowest BCUT2D eigenvalue weighted by atomic mass is 10.1. The summed E-state index contributed by atoms with van der Waals surface area (Å²) >= 11 is 0. The summed E-state index contributed by atoms with van der Waals surface area (Å²) in [5, 5.41) is 5.84. The Morgan fingerprint density at radius 3 is 2.46 bits per heavy atom.